The highest BCUT2D eigenvalue weighted by Gasteiger charge is 2.31. The van der Waals surface area contributed by atoms with E-state index in [1.807, 2.05) is 42.3 Å². The zero-order chi connectivity index (χ0) is 20.1. The molecule has 0 aliphatic carbocycles. The van der Waals surface area contributed by atoms with Crippen molar-refractivity contribution in [1.29, 1.82) is 0 Å². The summed E-state index contributed by atoms with van der Waals surface area (Å²) in [5, 5.41) is 1.99. The van der Waals surface area contributed by atoms with E-state index in [0.717, 1.165) is 31.7 Å². The number of benzene rings is 1. The molecule has 0 saturated carbocycles. The third-order valence-electron chi connectivity index (χ3n) is 4.93. The molecule has 0 spiro atoms. The Morgan fingerprint density at radius 1 is 1.29 bits per heavy atom. The van der Waals surface area contributed by atoms with Gasteiger partial charge in [0.2, 0.25) is 5.91 Å². The first kappa shape index (κ1) is 21.0. The number of likely N-dealkylation sites (N-methyl/N-ethyl adjacent to an activating group) is 1. The number of thiocarbonyl (C=S) groups is 1. The Morgan fingerprint density at radius 3 is 2.64 bits per heavy atom. The molecule has 0 unspecified atom stereocenters. The van der Waals surface area contributed by atoms with Crippen molar-refractivity contribution in [3.05, 3.63) is 40.3 Å². The van der Waals surface area contributed by atoms with E-state index < -0.39 is 0 Å². The predicted molar refractivity (Wildman–Crippen MR) is 117 cm³/mol. The van der Waals surface area contributed by atoms with Crippen molar-refractivity contribution in [3.8, 4) is 0 Å². The first-order valence-electron chi connectivity index (χ1n) is 9.60. The Morgan fingerprint density at radius 2 is 1.96 bits per heavy atom. The van der Waals surface area contributed by atoms with Crippen LogP contribution >= 0.6 is 24.0 Å². The van der Waals surface area contributed by atoms with Crippen LogP contribution in [0.25, 0.3) is 6.08 Å². The van der Waals surface area contributed by atoms with Crippen LogP contribution in [0.1, 0.15) is 24.0 Å². The molecule has 2 N–H and O–H groups in total. The Balaban J connectivity index is 1.46. The molecule has 2 fully saturated rings. The smallest absolute Gasteiger partial charge is 0.266 e. The Labute approximate surface area is 175 Å². The largest absolute Gasteiger partial charge is 0.335 e. The standard InChI is InChI=1S/C20H26N4O2S2/c1-15-5-7-16(8-6-15)14-17-19(26)24(20(27)28-17)9-3-4-18(25)21-23-12-10-22(2)11-13-23/h5-8,14H,3-4,9-13H2,1-2H3,(H,21,25)/p+1/b17-14-. The molecular formula is C20H27N4O2S2+. The summed E-state index contributed by atoms with van der Waals surface area (Å²) in [7, 11) is 2.16. The lowest BCUT2D eigenvalue weighted by Crippen LogP contribution is -3.12. The first-order valence-corrected chi connectivity index (χ1v) is 10.8. The molecule has 2 heterocycles. The number of thioether (sulfide) groups is 1. The molecular weight excluding hydrogens is 392 g/mol. The normalized spacial score (nSPS) is 20.2. The lowest BCUT2D eigenvalue weighted by molar-refractivity contribution is -0.884. The summed E-state index contributed by atoms with van der Waals surface area (Å²) in [5.41, 5.74) is 5.13. The minimum absolute atomic E-state index is 0.000177. The summed E-state index contributed by atoms with van der Waals surface area (Å²) < 4.78 is 0.561. The number of hydrogen-bond acceptors (Lipinski definition) is 5. The van der Waals surface area contributed by atoms with Crippen molar-refractivity contribution in [2.24, 2.45) is 0 Å². The third kappa shape index (κ3) is 5.64. The second-order valence-corrected chi connectivity index (χ2v) is 9.00. The Kier molecular flexibility index (Phi) is 7.23. The fourth-order valence-corrected chi connectivity index (χ4v) is 4.45. The molecule has 2 aliphatic rings. The molecule has 0 atom stereocenters. The number of aryl methyl sites for hydroxylation is 1. The summed E-state index contributed by atoms with van der Waals surface area (Å²) in [5.74, 6) is -0.0711. The van der Waals surface area contributed by atoms with E-state index >= 15 is 0 Å². The van der Waals surface area contributed by atoms with Gasteiger partial charge in [-0.1, -0.05) is 53.8 Å². The molecule has 1 aromatic carbocycles. The Hall–Kier alpha value is -1.74. The molecule has 2 amide bonds. The first-order chi connectivity index (χ1) is 13.4. The number of carbonyl (C=O) groups excluding carboxylic acids is 2. The number of hydrogen-bond donors (Lipinski definition) is 2. The van der Waals surface area contributed by atoms with Gasteiger partial charge < -0.3 is 4.90 Å². The van der Waals surface area contributed by atoms with Crippen molar-refractivity contribution in [2.45, 2.75) is 19.8 Å². The van der Waals surface area contributed by atoms with Crippen molar-refractivity contribution in [3.63, 3.8) is 0 Å². The number of carbonyl (C=O) groups is 2. The number of amides is 2. The SMILES string of the molecule is Cc1ccc(/C=C2\SC(=S)N(CCCC(=O)NN3CC[NH+](C)CC3)C2=O)cc1. The molecule has 3 rings (SSSR count). The molecule has 0 radical (unpaired) electrons. The van der Waals surface area contributed by atoms with Gasteiger partial charge in [0.1, 0.15) is 4.32 Å². The van der Waals surface area contributed by atoms with Gasteiger partial charge in [0, 0.05) is 13.0 Å². The molecule has 0 aromatic heterocycles. The third-order valence-corrected chi connectivity index (χ3v) is 6.31. The number of rotatable bonds is 6. The number of hydrazine groups is 1. The fraction of sp³-hybridized carbons (Fsp3) is 0.450. The number of nitrogens with one attached hydrogen (secondary N) is 2. The number of quaternary nitrogens is 1. The van der Waals surface area contributed by atoms with Crippen LogP contribution in [0.4, 0.5) is 0 Å². The minimum Gasteiger partial charge on any atom is -0.335 e. The van der Waals surface area contributed by atoms with Crippen molar-refractivity contribution < 1.29 is 14.5 Å². The van der Waals surface area contributed by atoms with E-state index in [2.05, 4.69) is 12.5 Å². The lowest BCUT2D eigenvalue weighted by Gasteiger charge is -2.30. The summed E-state index contributed by atoms with van der Waals surface area (Å²) in [6.07, 6.45) is 2.85. The van der Waals surface area contributed by atoms with Crippen LogP contribution in [0.3, 0.4) is 0 Å². The highest BCUT2D eigenvalue weighted by atomic mass is 32.2. The van der Waals surface area contributed by atoms with Crippen LogP contribution in [0.2, 0.25) is 0 Å². The molecule has 28 heavy (non-hydrogen) atoms. The van der Waals surface area contributed by atoms with E-state index in [1.54, 1.807) is 4.90 Å². The van der Waals surface area contributed by atoms with Gasteiger partial charge in [-0.3, -0.25) is 19.9 Å². The molecule has 150 valence electrons. The van der Waals surface area contributed by atoms with Crippen molar-refractivity contribution in [1.82, 2.24) is 15.3 Å². The lowest BCUT2D eigenvalue weighted by atomic mass is 10.1. The van der Waals surface area contributed by atoms with Gasteiger partial charge in [-0.25, -0.2) is 5.01 Å². The van der Waals surface area contributed by atoms with E-state index in [9.17, 15) is 9.59 Å². The van der Waals surface area contributed by atoms with Gasteiger partial charge in [0.05, 0.1) is 38.1 Å². The van der Waals surface area contributed by atoms with Crippen LogP contribution in [-0.2, 0) is 9.59 Å². The average Bonchev–Trinajstić information content (AvgIpc) is 2.93. The molecule has 1 aromatic rings. The average molecular weight is 420 g/mol. The number of piperazine rings is 1. The van der Waals surface area contributed by atoms with Crippen molar-refractivity contribution >= 4 is 46.2 Å². The molecule has 2 aliphatic heterocycles. The zero-order valence-electron chi connectivity index (χ0n) is 16.4. The summed E-state index contributed by atoms with van der Waals surface area (Å²) in [4.78, 5) is 28.5. The maximum atomic E-state index is 12.6. The fourth-order valence-electron chi connectivity index (χ4n) is 3.14. The van der Waals surface area contributed by atoms with Gasteiger partial charge in [0.25, 0.3) is 5.91 Å². The van der Waals surface area contributed by atoms with Gasteiger partial charge in [0.15, 0.2) is 0 Å². The second-order valence-electron chi connectivity index (χ2n) is 7.33. The van der Waals surface area contributed by atoms with Crippen LogP contribution in [0.5, 0.6) is 0 Å². The van der Waals surface area contributed by atoms with Crippen LogP contribution < -0.4 is 10.3 Å². The zero-order valence-corrected chi connectivity index (χ0v) is 18.0. The molecule has 8 heteroatoms. The summed E-state index contributed by atoms with van der Waals surface area (Å²) in [6.45, 7) is 6.31. The maximum Gasteiger partial charge on any atom is 0.266 e. The summed E-state index contributed by atoms with van der Waals surface area (Å²) >= 11 is 6.69. The van der Waals surface area contributed by atoms with E-state index in [0.29, 0.717) is 28.6 Å². The quantitative estimate of drug-likeness (QED) is 0.529. The van der Waals surface area contributed by atoms with Gasteiger partial charge in [-0.05, 0) is 25.0 Å². The van der Waals surface area contributed by atoms with E-state index in [4.69, 9.17) is 12.2 Å². The summed E-state index contributed by atoms with van der Waals surface area (Å²) in [6, 6.07) is 8.03. The van der Waals surface area contributed by atoms with Crippen LogP contribution in [-0.4, -0.2) is 65.8 Å². The van der Waals surface area contributed by atoms with Crippen molar-refractivity contribution in [2.75, 3.05) is 39.8 Å². The topological polar surface area (TPSA) is 57.1 Å². The predicted octanol–water partition coefficient (Wildman–Crippen LogP) is 0.838. The highest BCUT2D eigenvalue weighted by Crippen LogP contribution is 2.32. The van der Waals surface area contributed by atoms with Crippen LogP contribution in [0.15, 0.2) is 29.2 Å². The molecule has 2 saturated heterocycles. The van der Waals surface area contributed by atoms with E-state index in [1.165, 1.54) is 22.2 Å². The minimum atomic E-state index is -0.0713. The van der Waals surface area contributed by atoms with Gasteiger partial charge in [-0.2, -0.15) is 0 Å². The number of nitrogens with zero attached hydrogens (tertiary/aromatic N) is 2. The van der Waals surface area contributed by atoms with Crippen LogP contribution in [0, 0.1) is 6.92 Å². The monoisotopic (exact) mass is 419 g/mol. The van der Waals surface area contributed by atoms with Gasteiger partial charge >= 0.3 is 0 Å². The second kappa shape index (κ2) is 9.65. The maximum absolute atomic E-state index is 12.6. The Bertz CT molecular complexity index is 771. The highest BCUT2D eigenvalue weighted by molar-refractivity contribution is 8.26. The van der Waals surface area contributed by atoms with Gasteiger partial charge in [-0.15, -0.1) is 0 Å². The molecule has 0 bridgehead atoms. The molecule has 6 nitrogen and oxygen atoms in total. The van der Waals surface area contributed by atoms with E-state index in [-0.39, 0.29) is 11.8 Å².